The number of thioether (sulfide) groups is 1. The topological polar surface area (TPSA) is 15.7 Å². The van der Waals surface area contributed by atoms with E-state index >= 15 is 0 Å². The first-order chi connectivity index (χ1) is 14.8. The van der Waals surface area contributed by atoms with E-state index in [0.29, 0.717) is 5.75 Å². The molecular weight excluding hydrogens is 421 g/mol. The molecular formula is C24H31F3N2OS. The molecule has 0 spiro atoms. The van der Waals surface area contributed by atoms with Crippen molar-refractivity contribution < 1.29 is 17.9 Å². The van der Waals surface area contributed by atoms with Crippen LogP contribution >= 0.6 is 11.8 Å². The minimum Gasteiger partial charge on any atom is -0.486 e. The zero-order valence-electron chi connectivity index (χ0n) is 18.2. The van der Waals surface area contributed by atoms with Gasteiger partial charge < -0.3 is 14.5 Å². The van der Waals surface area contributed by atoms with Gasteiger partial charge >= 0.3 is 6.18 Å². The second kappa shape index (κ2) is 11.2. The van der Waals surface area contributed by atoms with Gasteiger partial charge in [0.15, 0.2) is 0 Å². The van der Waals surface area contributed by atoms with Crippen LogP contribution in [0.4, 0.5) is 13.2 Å². The summed E-state index contributed by atoms with van der Waals surface area (Å²) in [5, 5.41) is 0. The molecule has 0 bridgehead atoms. The van der Waals surface area contributed by atoms with Crippen LogP contribution in [0.3, 0.4) is 0 Å². The van der Waals surface area contributed by atoms with Gasteiger partial charge in [-0.2, -0.15) is 24.9 Å². The molecule has 0 aliphatic carbocycles. The van der Waals surface area contributed by atoms with Crippen molar-refractivity contribution in [1.82, 2.24) is 9.80 Å². The molecule has 1 aliphatic rings. The van der Waals surface area contributed by atoms with Gasteiger partial charge in [0.25, 0.3) is 0 Å². The van der Waals surface area contributed by atoms with Crippen molar-refractivity contribution in [2.24, 2.45) is 0 Å². The first-order valence-corrected chi connectivity index (χ1v) is 11.8. The van der Waals surface area contributed by atoms with E-state index < -0.39 is 11.7 Å². The van der Waals surface area contributed by atoms with Crippen molar-refractivity contribution in [3.63, 3.8) is 0 Å². The smallest absolute Gasteiger partial charge is 0.416 e. The van der Waals surface area contributed by atoms with Crippen molar-refractivity contribution in [1.29, 1.82) is 0 Å². The highest BCUT2D eigenvalue weighted by atomic mass is 32.2. The Kier molecular flexibility index (Phi) is 8.69. The molecule has 2 aromatic rings. The number of alkyl halides is 3. The molecule has 1 fully saturated rings. The van der Waals surface area contributed by atoms with Gasteiger partial charge in [0.1, 0.15) is 11.9 Å². The minimum atomic E-state index is -4.34. The molecule has 1 saturated heterocycles. The van der Waals surface area contributed by atoms with E-state index in [-0.39, 0.29) is 6.10 Å². The predicted molar refractivity (Wildman–Crippen MR) is 122 cm³/mol. The second-order valence-electron chi connectivity index (χ2n) is 8.17. The fourth-order valence-corrected chi connectivity index (χ4v) is 4.55. The largest absolute Gasteiger partial charge is 0.486 e. The lowest BCUT2D eigenvalue weighted by Crippen LogP contribution is -2.34. The summed E-state index contributed by atoms with van der Waals surface area (Å²) in [6.07, 6.45) is -2.79. The van der Waals surface area contributed by atoms with Crippen LogP contribution < -0.4 is 4.74 Å². The lowest BCUT2D eigenvalue weighted by atomic mass is 10.0. The molecule has 170 valence electrons. The Balaban J connectivity index is 1.64. The molecule has 1 atom stereocenters. The summed E-state index contributed by atoms with van der Waals surface area (Å²) < 4.78 is 44.6. The van der Waals surface area contributed by atoms with Crippen molar-refractivity contribution in [2.45, 2.75) is 25.1 Å². The average Bonchev–Trinajstić information content (AvgIpc) is 2.76. The molecule has 3 nitrogen and oxygen atoms in total. The van der Waals surface area contributed by atoms with Crippen LogP contribution in [0.5, 0.6) is 5.75 Å². The standard InChI is InChI=1S/C24H31F3N2OS/c1-28(2)13-12-23(30-22-9-7-21(8-10-22)24(25,26)27)20-5-3-19(4-6-20)11-14-29-15-17-31-18-16-29/h3-10,23H,11-18H2,1-2H3. The SMILES string of the molecule is CN(C)CCC(Oc1ccc(C(F)(F)F)cc1)c1ccc(CCN2CCSCC2)cc1. The quantitative estimate of drug-likeness (QED) is 0.508. The fourth-order valence-electron chi connectivity index (χ4n) is 3.57. The van der Waals surface area contributed by atoms with Crippen LogP contribution in [-0.4, -0.2) is 61.6 Å². The lowest BCUT2D eigenvalue weighted by Gasteiger charge is -2.26. The van der Waals surface area contributed by atoms with Crippen LogP contribution in [0.1, 0.15) is 29.2 Å². The van der Waals surface area contributed by atoms with E-state index in [2.05, 4.69) is 34.1 Å². The maximum Gasteiger partial charge on any atom is 0.416 e. The Morgan fingerprint density at radius 3 is 2.23 bits per heavy atom. The van der Waals surface area contributed by atoms with Crippen LogP contribution in [-0.2, 0) is 12.6 Å². The van der Waals surface area contributed by atoms with Crippen molar-refractivity contribution in [3.8, 4) is 5.75 Å². The minimum absolute atomic E-state index is 0.215. The van der Waals surface area contributed by atoms with Crippen LogP contribution in [0, 0.1) is 0 Å². The molecule has 0 radical (unpaired) electrons. The Morgan fingerprint density at radius 2 is 1.65 bits per heavy atom. The molecule has 1 unspecified atom stereocenters. The summed E-state index contributed by atoms with van der Waals surface area (Å²) in [6.45, 7) is 4.22. The van der Waals surface area contributed by atoms with E-state index in [1.807, 2.05) is 25.9 Å². The number of benzene rings is 2. The van der Waals surface area contributed by atoms with E-state index in [0.717, 1.165) is 56.7 Å². The van der Waals surface area contributed by atoms with Crippen molar-refractivity contribution in [3.05, 3.63) is 65.2 Å². The molecule has 1 aliphatic heterocycles. The molecule has 2 aromatic carbocycles. The Morgan fingerprint density at radius 1 is 1.00 bits per heavy atom. The predicted octanol–water partition coefficient (Wildman–Crippen LogP) is 5.37. The average molecular weight is 453 g/mol. The monoisotopic (exact) mass is 452 g/mol. The number of hydrogen-bond donors (Lipinski definition) is 0. The normalized spacial score (nSPS) is 16.5. The number of ether oxygens (including phenoxy) is 1. The summed E-state index contributed by atoms with van der Waals surface area (Å²) >= 11 is 2.02. The highest BCUT2D eigenvalue weighted by molar-refractivity contribution is 7.99. The van der Waals surface area contributed by atoms with Gasteiger partial charge in [-0.1, -0.05) is 24.3 Å². The third-order valence-corrected chi connectivity index (χ3v) is 6.41. The molecule has 31 heavy (non-hydrogen) atoms. The first-order valence-electron chi connectivity index (χ1n) is 10.7. The summed E-state index contributed by atoms with van der Waals surface area (Å²) in [6, 6.07) is 13.4. The van der Waals surface area contributed by atoms with Gasteiger partial charge in [-0.25, -0.2) is 0 Å². The van der Waals surface area contributed by atoms with Crippen LogP contribution in [0.25, 0.3) is 0 Å². The van der Waals surface area contributed by atoms with Gasteiger partial charge in [-0.05, 0) is 55.9 Å². The summed E-state index contributed by atoms with van der Waals surface area (Å²) in [5.41, 5.74) is 1.67. The molecule has 0 saturated carbocycles. The molecule has 0 N–H and O–H groups in total. The number of halogens is 3. The highest BCUT2D eigenvalue weighted by Crippen LogP contribution is 2.32. The summed E-state index contributed by atoms with van der Waals surface area (Å²) in [5.74, 6) is 2.88. The van der Waals surface area contributed by atoms with E-state index in [1.54, 1.807) is 0 Å². The van der Waals surface area contributed by atoms with E-state index in [9.17, 15) is 13.2 Å². The Bertz CT molecular complexity index is 788. The van der Waals surface area contributed by atoms with Crippen molar-refractivity contribution >= 4 is 11.8 Å². The lowest BCUT2D eigenvalue weighted by molar-refractivity contribution is -0.137. The van der Waals surface area contributed by atoms with Gasteiger partial charge in [-0.3, -0.25) is 0 Å². The van der Waals surface area contributed by atoms with Gasteiger partial charge in [0, 0.05) is 44.1 Å². The molecule has 3 rings (SSSR count). The molecule has 0 amide bonds. The van der Waals surface area contributed by atoms with Gasteiger partial charge in [0.2, 0.25) is 0 Å². The van der Waals surface area contributed by atoms with Gasteiger partial charge in [0.05, 0.1) is 5.56 Å². The first kappa shape index (κ1) is 24.0. The molecule has 0 aromatic heterocycles. The Hall–Kier alpha value is -1.70. The molecule has 1 heterocycles. The van der Waals surface area contributed by atoms with Crippen LogP contribution in [0.15, 0.2) is 48.5 Å². The number of hydrogen-bond acceptors (Lipinski definition) is 4. The molecule has 7 heteroatoms. The Labute approximate surface area is 187 Å². The summed E-state index contributed by atoms with van der Waals surface area (Å²) in [7, 11) is 3.99. The van der Waals surface area contributed by atoms with E-state index in [1.165, 1.54) is 29.2 Å². The fraction of sp³-hybridized carbons (Fsp3) is 0.500. The summed E-state index contributed by atoms with van der Waals surface area (Å²) in [4.78, 5) is 4.59. The maximum absolute atomic E-state index is 12.8. The van der Waals surface area contributed by atoms with E-state index in [4.69, 9.17) is 4.74 Å². The maximum atomic E-state index is 12.8. The zero-order valence-corrected chi connectivity index (χ0v) is 19.0. The second-order valence-corrected chi connectivity index (χ2v) is 9.39. The number of rotatable bonds is 9. The van der Waals surface area contributed by atoms with Crippen LogP contribution in [0.2, 0.25) is 0 Å². The zero-order chi connectivity index (χ0) is 22.3. The number of nitrogens with zero attached hydrogens (tertiary/aromatic N) is 2. The van der Waals surface area contributed by atoms with Gasteiger partial charge in [-0.15, -0.1) is 0 Å². The third kappa shape index (κ3) is 7.74. The van der Waals surface area contributed by atoms with Crippen molar-refractivity contribution in [2.75, 3.05) is 51.8 Å². The third-order valence-electron chi connectivity index (χ3n) is 5.47. The highest BCUT2D eigenvalue weighted by Gasteiger charge is 2.30.